The first-order valence-electron chi connectivity index (χ1n) is 10.2. The van der Waals surface area contributed by atoms with E-state index >= 15 is 0 Å². The Hall–Kier alpha value is -2.57. The maximum atomic E-state index is 14.6. The Balaban J connectivity index is 1.99. The lowest BCUT2D eigenvalue weighted by Crippen LogP contribution is -2.41. The van der Waals surface area contributed by atoms with Gasteiger partial charge in [0.25, 0.3) is 12.3 Å². The topological polar surface area (TPSA) is 38.1 Å². The quantitative estimate of drug-likeness (QED) is 0.583. The summed E-state index contributed by atoms with van der Waals surface area (Å²) in [5, 5.41) is 3.52. The number of amides is 1. The molecule has 4 nitrogen and oxygen atoms in total. The van der Waals surface area contributed by atoms with Gasteiger partial charge in [-0.05, 0) is 54.9 Å². The highest BCUT2D eigenvalue weighted by atomic mass is 19.3. The van der Waals surface area contributed by atoms with Gasteiger partial charge in [-0.25, -0.2) is 13.5 Å². The van der Waals surface area contributed by atoms with Crippen LogP contribution in [-0.2, 0) is 7.05 Å². The number of rotatable bonds is 7. The summed E-state index contributed by atoms with van der Waals surface area (Å²) < 4.78 is 42.1. The highest BCUT2D eigenvalue weighted by molar-refractivity contribution is 5.97. The minimum atomic E-state index is -3.04. The molecule has 30 heavy (non-hydrogen) atoms. The van der Waals surface area contributed by atoms with Gasteiger partial charge in [0, 0.05) is 13.1 Å². The van der Waals surface area contributed by atoms with Crippen molar-refractivity contribution in [3.05, 3.63) is 58.7 Å². The van der Waals surface area contributed by atoms with E-state index in [1.807, 2.05) is 19.9 Å². The van der Waals surface area contributed by atoms with Crippen LogP contribution in [0.25, 0.3) is 5.57 Å². The Morgan fingerprint density at radius 2 is 1.90 bits per heavy atom. The minimum absolute atomic E-state index is 0.122. The fourth-order valence-corrected chi connectivity index (χ4v) is 3.75. The Morgan fingerprint density at radius 3 is 2.43 bits per heavy atom. The summed E-state index contributed by atoms with van der Waals surface area (Å²) in [5.74, 6) is -1.48. The average Bonchev–Trinajstić information content (AvgIpc) is 3.46. The number of halogens is 3. The van der Waals surface area contributed by atoms with E-state index in [1.165, 1.54) is 11.9 Å². The standard InChI is InChI=1S/C23H28F3N3O/c1-12(2)16-8-7-13(3)18(11-16)14(4)15(5)29(17-9-10-17)23(30)19-20(21(24)25)27-28(6)22(19)26/h7-8,11-12,15,17,21H,4,9-10H2,1-3,5-6H3. The smallest absolute Gasteiger partial charge is 0.283 e. The molecule has 0 N–H and O–H groups in total. The molecular weight excluding hydrogens is 391 g/mol. The summed E-state index contributed by atoms with van der Waals surface area (Å²) in [6.07, 6.45) is -1.54. The average molecular weight is 419 g/mol. The molecule has 0 bridgehead atoms. The number of aryl methyl sites for hydroxylation is 2. The van der Waals surface area contributed by atoms with E-state index in [-0.39, 0.29) is 6.04 Å². The van der Waals surface area contributed by atoms with Gasteiger partial charge in [-0.3, -0.25) is 4.79 Å². The molecule has 162 valence electrons. The van der Waals surface area contributed by atoms with Crippen LogP contribution in [0.5, 0.6) is 0 Å². The summed E-state index contributed by atoms with van der Waals surface area (Å²) in [6, 6.07) is 5.54. The van der Waals surface area contributed by atoms with Gasteiger partial charge in [0.05, 0.1) is 6.04 Å². The first-order chi connectivity index (χ1) is 14.0. The second kappa shape index (κ2) is 8.28. The van der Waals surface area contributed by atoms with Crippen LogP contribution in [-0.4, -0.2) is 32.7 Å². The number of carbonyl (C=O) groups excluding carboxylic acids is 1. The molecule has 3 rings (SSSR count). The summed E-state index contributed by atoms with van der Waals surface area (Å²) >= 11 is 0. The lowest BCUT2D eigenvalue weighted by Gasteiger charge is -2.32. The number of hydrogen-bond acceptors (Lipinski definition) is 2. The van der Waals surface area contributed by atoms with Crippen LogP contribution in [0.3, 0.4) is 0 Å². The second-order valence-electron chi connectivity index (χ2n) is 8.35. The van der Waals surface area contributed by atoms with Gasteiger partial charge in [-0.1, -0.05) is 38.6 Å². The SMILES string of the molecule is C=C(c1cc(C(C)C)ccc1C)C(C)N(C(=O)c1c(C(F)F)nn(C)c1F)C1CC1. The Kier molecular flexibility index (Phi) is 6.11. The van der Waals surface area contributed by atoms with Gasteiger partial charge >= 0.3 is 0 Å². The highest BCUT2D eigenvalue weighted by Gasteiger charge is 2.41. The highest BCUT2D eigenvalue weighted by Crippen LogP contribution is 2.37. The molecule has 1 amide bonds. The van der Waals surface area contributed by atoms with Crippen molar-refractivity contribution in [1.82, 2.24) is 14.7 Å². The maximum Gasteiger partial charge on any atom is 0.283 e. The van der Waals surface area contributed by atoms with Crippen LogP contribution in [0.15, 0.2) is 24.8 Å². The van der Waals surface area contributed by atoms with Gasteiger partial charge in [0.15, 0.2) is 0 Å². The van der Waals surface area contributed by atoms with Crippen LogP contribution in [0.2, 0.25) is 0 Å². The van der Waals surface area contributed by atoms with E-state index in [4.69, 9.17) is 0 Å². The third-order valence-corrected chi connectivity index (χ3v) is 5.80. The molecule has 1 fully saturated rings. The summed E-state index contributed by atoms with van der Waals surface area (Å²) in [5.41, 5.74) is 2.33. The molecule has 2 aromatic rings. The van der Waals surface area contributed by atoms with Crippen LogP contribution >= 0.6 is 0 Å². The van der Waals surface area contributed by atoms with Crippen LogP contribution < -0.4 is 0 Å². The fourth-order valence-electron chi connectivity index (χ4n) is 3.75. The molecule has 0 spiro atoms. The third-order valence-electron chi connectivity index (χ3n) is 5.80. The number of carbonyl (C=O) groups is 1. The Bertz CT molecular complexity index is 976. The molecule has 7 heteroatoms. The van der Waals surface area contributed by atoms with Gasteiger partial charge < -0.3 is 4.90 Å². The molecule has 1 aromatic heterocycles. The molecule has 0 radical (unpaired) electrons. The molecule has 0 saturated heterocycles. The van der Waals surface area contributed by atoms with Crippen LogP contribution in [0.4, 0.5) is 13.2 Å². The van der Waals surface area contributed by atoms with E-state index < -0.39 is 35.6 Å². The zero-order chi connectivity index (χ0) is 22.3. The lowest BCUT2D eigenvalue weighted by atomic mass is 9.91. The fraction of sp³-hybridized carbons (Fsp3) is 0.478. The first kappa shape index (κ1) is 22.1. The number of aromatic nitrogens is 2. The van der Waals surface area contributed by atoms with Crippen molar-refractivity contribution in [3.8, 4) is 0 Å². The number of alkyl halides is 2. The third kappa shape index (κ3) is 4.02. The molecule has 1 aromatic carbocycles. The van der Waals surface area contributed by atoms with Gasteiger partial charge in [0.1, 0.15) is 11.3 Å². The van der Waals surface area contributed by atoms with Gasteiger partial charge in [-0.2, -0.15) is 9.49 Å². The van der Waals surface area contributed by atoms with Gasteiger partial charge in [-0.15, -0.1) is 0 Å². The van der Waals surface area contributed by atoms with E-state index in [0.29, 0.717) is 16.2 Å². The number of nitrogens with zero attached hydrogens (tertiary/aromatic N) is 3. The first-order valence-corrected chi connectivity index (χ1v) is 10.2. The van der Waals surface area contributed by atoms with Crippen LogP contribution in [0.1, 0.15) is 78.7 Å². The van der Waals surface area contributed by atoms with E-state index in [0.717, 1.165) is 29.5 Å². The largest absolute Gasteiger partial charge is 0.329 e. The van der Waals surface area contributed by atoms with Crippen molar-refractivity contribution in [2.45, 2.75) is 65.0 Å². The monoisotopic (exact) mass is 419 g/mol. The minimum Gasteiger partial charge on any atom is -0.329 e. The summed E-state index contributed by atoms with van der Waals surface area (Å²) in [6.45, 7) is 12.2. The maximum absolute atomic E-state index is 14.6. The normalized spacial score (nSPS) is 15.0. The van der Waals surface area contributed by atoms with Crippen molar-refractivity contribution in [3.63, 3.8) is 0 Å². The van der Waals surface area contributed by atoms with Crippen molar-refractivity contribution in [1.29, 1.82) is 0 Å². The predicted molar refractivity (Wildman–Crippen MR) is 111 cm³/mol. The van der Waals surface area contributed by atoms with Crippen molar-refractivity contribution in [2.24, 2.45) is 7.05 Å². The molecule has 1 unspecified atom stereocenters. The van der Waals surface area contributed by atoms with Crippen molar-refractivity contribution in [2.75, 3.05) is 0 Å². The molecule has 1 atom stereocenters. The van der Waals surface area contributed by atoms with E-state index in [2.05, 4.69) is 37.7 Å². The zero-order valence-corrected chi connectivity index (χ0v) is 18.0. The van der Waals surface area contributed by atoms with E-state index in [1.54, 1.807) is 0 Å². The van der Waals surface area contributed by atoms with Gasteiger partial charge in [0.2, 0.25) is 5.95 Å². The molecule has 1 saturated carbocycles. The van der Waals surface area contributed by atoms with Crippen molar-refractivity contribution < 1.29 is 18.0 Å². The Morgan fingerprint density at radius 1 is 1.27 bits per heavy atom. The van der Waals surface area contributed by atoms with Crippen LogP contribution in [0, 0.1) is 12.9 Å². The summed E-state index contributed by atoms with van der Waals surface area (Å²) in [4.78, 5) is 14.8. The molecule has 1 aliphatic carbocycles. The number of hydrogen-bond donors (Lipinski definition) is 0. The molecular formula is C23H28F3N3O. The second-order valence-corrected chi connectivity index (χ2v) is 8.35. The number of benzene rings is 1. The summed E-state index contributed by atoms with van der Waals surface area (Å²) in [7, 11) is 1.21. The van der Waals surface area contributed by atoms with Crippen molar-refractivity contribution >= 4 is 11.5 Å². The Labute approximate surface area is 175 Å². The predicted octanol–water partition coefficient (Wildman–Crippen LogP) is 5.64. The molecule has 1 aliphatic rings. The zero-order valence-electron chi connectivity index (χ0n) is 18.0. The lowest BCUT2D eigenvalue weighted by molar-refractivity contribution is 0.0698. The molecule has 0 aliphatic heterocycles. The molecule has 1 heterocycles. The van der Waals surface area contributed by atoms with E-state index in [9.17, 15) is 18.0 Å².